The summed E-state index contributed by atoms with van der Waals surface area (Å²) in [5.41, 5.74) is 2.30. The van der Waals surface area contributed by atoms with Crippen molar-refractivity contribution in [2.45, 2.75) is 26.9 Å². The van der Waals surface area contributed by atoms with Crippen molar-refractivity contribution in [3.8, 4) is 5.88 Å². The lowest BCUT2D eigenvalue weighted by atomic mass is 10.1. The molecule has 0 spiro atoms. The van der Waals surface area contributed by atoms with Crippen molar-refractivity contribution >= 4 is 28.9 Å². The van der Waals surface area contributed by atoms with Crippen LogP contribution < -0.4 is 10.1 Å². The van der Waals surface area contributed by atoms with Crippen LogP contribution in [0.1, 0.15) is 55.5 Å². The van der Waals surface area contributed by atoms with Gasteiger partial charge in [-0.25, -0.2) is 4.98 Å². The molecule has 0 radical (unpaired) electrons. The Morgan fingerprint density at radius 3 is 2.77 bits per heavy atom. The molecule has 2 aromatic heterocycles. The van der Waals surface area contributed by atoms with Crippen LogP contribution in [0.2, 0.25) is 0 Å². The minimum Gasteiger partial charge on any atom is -0.481 e. The summed E-state index contributed by atoms with van der Waals surface area (Å²) in [4.78, 5) is 42.6. The highest BCUT2D eigenvalue weighted by molar-refractivity contribution is 7.12. The van der Waals surface area contributed by atoms with Gasteiger partial charge in [0.2, 0.25) is 5.88 Å². The maximum Gasteiger partial charge on any atom is 0.256 e. The molecule has 0 aromatic carbocycles. The van der Waals surface area contributed by atoms with Gasteiger partial charge in [0.15, 0.2) is 5.78 Å². The third-order valence-electron chi connectivity index (χ3n) is 4.22. The molecule has 1 aliphatic heterocycles. The number of rotatable bonds is 6. The molecule has 0 fully saturated rings. The van der Waals surface area contributed by atoms with Crippen LogP contribution in [0.3, 0.4) is 0 Å². The zero-order chi connectivity index (χ0) is 18.8. The minimum atomic E-state index is -0.294. The number of thiophene rings is 1. The molecule has 2 amide bonds. The lowest BCUT2D eigenvalue weighted by Gasteiger charge is -2.10. The molecule has 3 heterocycles. The molecule has 2 aromatic rings. The van der Waals surface area contributed by atoms with E-state index in [4.69, 9.17) is 4.74 Å². The Balaban J connectivity index is 1.77. The first-order valence-electron chi connectivity index (χ1n) is 8.18. The molecule has 1 N–H and O–H groups in total. The van der Waals surface area contributed by atoms with Gasteiger partial charge in [-0.15, -0.1) is 11.3 Å². The first kappa shape index (κ1) is 18.1. The maximum atomic E-state index is 12.3. The number of fused-ring (bicyclic) bond motifs is 1. The Hall–Kier alpha value is -2.74. The molecular formula is C18H19N3O4S. The van der Waals surface area contributed by atoms with Crippen molar-refractivity contribution < 1.29 is 19.1 Å². The van der Waals surface area contributed by atoms with Gasteiger partial charge in [-0.3, -0.25) is 14.4 Å². The van der Waals surface area contributed by atoms with E-state index in [0.717, 1.165) is 0 Å². The van der Waals surface area contributed by atoms with Gasteiger partial charge < -0.3 is 15.0 Å². The quantitative estimate of drug-likeness (QED) is 0.785. The van der Waals surface area contributed by atoms with Gasteiger partial charge in [0.05, 0.1) is 35.4 Å². The van der Waals surface area contributed by atoms with Gasteiger partial charge >= 0.3 is 0 Å². The number of hydrogen-bond acceptors (Lipinski definition) is 6. The summed E-state index contributed by atoms with van der Waals surface area (Å²) in [5.74, 6) is -0.0333. The fourth-order valence-electron chi connectivity index (χ4n) is 2.78. The van der Waals surface area contributed by atoms with Crippen LogP contribution >= 0.6 is 11.3 Å². The Morgan fingerprint density at radius 1 is 1.38 bits per heavy atom. The van der Waals surface area contributed by atoms with E-state index in [-0.39, 0.29) is 24.1 Å². The molecule has 26 heavy (non-hydrogen) atoms. The van der Waals surface area contributed by atoms with E-state index in [1.54, 1.807) is 22.4 Å². The summed E-state index contributed by atoms with van der Waals surface area (Å²) in [5, 5.41) is 4.43. The van der Waals surface area contributed by atoms with Crippen molar-refractivity contribution in [1.82, 2.24) is 15.2 Å². The average molecular weight is 373 g/mol. The molecule has 3 rings (SSSR count). The van der Waals surface area contributed by atoms with Crippen molar-refractivity contribution in [3.05, 3.63) is 44.8 Å². The van der Waals surface area contributed by atoms with Crippen molar-refractivity contribution in [2.75, 3.05) is 13.7 Å². The molecule has 0 saturated heterocycles. The third kappa shape index (κ3) is 3.32. The van der Waals surface area contributed by atoms with E-state index in [2.05, 4.69) is 10.3 Å². The molecule has 7 nitrogen and oxygen atoms in total. The van der Waals surface area contributed by atoms with E-state index in [9.17, 15) is 14.4 Å². The second-order valence-corrected chi connectivity index (χ2v) is 6.82. The number of pyridine rings is 1. The monoisotopic (exact) mass is 373 g/mol. The van der Waals surface area contributed by atoms with Gasteiger partial charge in [0, 0.05) is 24.0 Å². The number of aromatic nitrogens is 1. The van der Waals surface area contributed by atoms with Crippen molar-refractivity contribution in [3.63, 3.8) is 0 Å². The van der Waals surface area contributed by atoms with Gasteiger partial charge in [-0.1, -0.05) is 0 Å². The van der Waals surface area contributed by atoms with Gasteiger partial charge in [0.25, 0.3) is 11.8 Å². The summed E-state index contributed by atoms with van der Waals surface area (Å²) in [6.07, 6.45) is 0. The number of ether oxygens (including phenoxy) is 1. The van der Waals surface area contributed by atoms with Gasteiger partial charge in [0.1, 0.15) is 0 Å². The molecule has 136 valence electrons. The fourth-order valence-corrected chi connectivity index (χ4v) is 3.57. The highest BCUT2D eigenvalue weighted by Crippen LogP contribution is 2.27. The Kier molecular flexibility index (Phi) is 5.03. The second-order valence-electron chi connectivity index (χ2n) is 5.91. The largest absolute Gasteiger partial charge is 0.481 e. The summed E-state index contributed by atoms with van der Waals surface area (Å²) in [6.45, 7) is 4.63. The molecule has 1 aliphatic rings. The smallest absolute Gasteiger partial charge is 0.256 e. The number of nitrogens with zero attached hydrogens (tertiary/aromatic N) is 2. The Bertz CT molecular complexity index is 891. The number of hydrogen-bond donors (Lipinski definition) is 1. The van der Waals surface area contributed by atoms with E-state index in [0.29, 0.717) is 46.2 Å². The topological polar surface area (TPSA) is 88.6 Å². The van der Waals surface area contributed by atoms with Crippen LogP contribution in [-0.4, -0.2) is 41.1 Å². The first-order chi connectivity index (χ1) is 12.4. The van der Waals surface area contributed by atoms with Gasteiger partial charge in [-0.2, -0.15) is 0 Å². The third-order valence-corrected chi connectivity index (χ3v) is 5.25. The predicted molar refractivity (Wildman–Crippen MR) is 96.7 cm³/mol. The number of carbonyl (C=O) groups excluding carboxylic acids is 3. The molecule has 0 aliphatic carbocycles. The van der Waals surface area contributed by atoms with Crippen LogP contribution in [0.5, 0.6) is 5.88 Å². The fraction of sp³-hybridized carbons (Fsp3) is 0.333. The number of Topliss-reactive ketones (excluding diaryl/α,β-unsaturated/α-hetero) is 1. The maximum absolute atomic E-state index is 12.3. The number of nitrogens with one attached hydrogen (secondary N) is 1. The minimum absolute atomic E-state index is 0.0610. The normalized spacial score (nSPS) is 12.9. The summed E-state index contributed by atoms with van der Waals surface area (Å²) in [6, 6.07) is 3.30. The standard InChI is InChI=1S/C18H19N3O4S/c1-4-21-8-14-13(18(21)24)5-11(17(20-14)25-3)7-19-16(23)12-6-15(10(2)22)26-9-12/h5-6,9H,4,7-8H2,1-3H3,(H,19,23). The number of methoxy groups -OCH3 is 1. The molecule has 0 bridgehead atoms. The lowest BCUT2D eigenvalue weighted by Crippen LogP contribution is -2.23. The lowest BCUT2D eigenvalue weighted by molar-refractivity contribution is 0.0786. The summed E-state index contributed by atoms with van der Waals surface area (Å²) in [7, 11) is 1.51. The Labute approximate surface area is 155 Å². The first-order valence-corrected chi connectivity index (χ1v) is 9.06. The molecule has 8 heteroatoms. The SMILES string of the molecule is CCN1Cc2nc(OC)c(CNC(=O)c3csc(C(C)=O)c3)cc2C1=O. The van der Waals surface area contributed by atoms with Crippen LogP contribution in [0.15, 0.2) is 17.5 Å². The van der Waals surface area contributed by atoms with Gasteiger partial charge in [-0.05, 0) is 26.0 Å². The molecule has 0 atom stereocenters. The number of carbonyl (C=O) groups is 3. The van der Waals surface area contributed by atoms with Crippen molar-refractivity contribution in [2.24, 2.45) is 0 Å². The van der Waals surface area contributed by atoms with E-state index in [1.807, 2.05) is 6.92 Å². The highest BCUT2D eigenvalue weighted by atomic mass is 32.1. The predicted octanol–water partition coefficient (Wildman–Crippen LogP) is 2.26. The zero-order valence-electron chi connectivity index (χ0n) is 14.8. The van der Waals surface area contributed by atoms with Crippen LogP contribution in [-0.2, 0) is 13.1 Å². The number of ketones is 1. The summed E-state index contributed by atoms with van der Waals surface area (Å²) >= 11 is 1.24. The van der Waals surface area contributed by atoms with E-state index < -0.39 is 0 Å². The summed E-state index contributed by atoms with van der Waals surface area (Å²) < 4.78 is 5.31. The molecular weight excluding hydrogens is 354 g/mol. The van der Waals surface area contributed by atoms with Crippen LogP contribution in [0.25, 0.3) is 0 Å². The van der Waals surface area contributed by atoms with E-state index >= 15 is 0 Å². The van der Waals surface area contributed by atoms with Crippen LogP contribution in [0, 0.1) is 0 Å². The second kappa shape index (κ2) is 7.25. The average Bonchev–Trinajstić information content (AvgIpc) is 3.24. The van der Waals surface area contributed by atoms with E-state index in [1.165, 1.54) is 25.4 Å². The Morgan fingerprint density at radius 2 is 2.15 bits per heavy atom. The molecule has 0 unspecified atom stereocenters. The van der Waals surface area contributed by atoms with Crippen molar-refractivity contribution in [1.29, 1.82) is 0 Å². The van der Waals surface area contributed by atoms with Crippen LogP contribution in [0.4, 0.5) is 0 Å². The molecule has 0 saturated carbocycles. The zero-order valence-corrected chi connectivity index (χ0v) is 15.6. The number of amides is 2. The highest BCUT2D eigenvalue weighted by Gasteiger charge is 2.29.